The first-order valence-corrected chi connectivity index (χ1v) is 4.73. The van der Waals surface area contributed by atoms with Crippen LogP contribution in [0.25, 0.3) is 0 Å². The van der Waals surface area contributed by atoms with Crippen LogP contribution in [0.2, 0.25) is 0 Å². The minimum Gasteiger partial charge on any atom is -0.469 e. The van der Waals surface area contributed by atoms with Gasteiger partial charge >= 0.3 is 0 Å². The second-order valence-electron chi connectivity index (χ2n) is 3.84. The van der Waals surface area contributed by atoms with Crippen molar-refractivity contribution < 1.29 is 4.42 Å². The first-order chi connectivity index (χ1) is 5.93. The van der Waals surface area contributed by atoms with Gasteiger partial charge < -0.3 is 4.42 Å². The van der Waals surface area contributed by atoms with Gasteiger partial charge in [0.15, 0.2) is 0 Å². The molecule has 2 heteroatoms. The Morgan fingerprint density at radius 2 is 2.50 bits per heavy atom. The maximum Gasteiger partial charge on any atom is 0.109 e. The van der Waals surface area contributed by atoms with E-state index in [0.29, 0.717) is 0 Å². The van der Waals surface area contributed by atoms with E-state index in [2.05, 4.69) is 11.0 Å². The van der Waals surface area contributed by atoms with Crippen molar-refractivity contribution in [3.05, 3.63) is 23.7 Å². The Morgan fingerprint density at radius 1 is 1.50 bits per heavy atom. The van der Waals surface area contributed by atoms with Gasteiger partial charge in [-0.15, -0.1) is 0 Å². The first-order valence-electron chi connectivity index (χ1n) is 4.73. The molecule has 0 bridgehead atoms. The van der Waals surface area contributed by atoms with Gasteiger partial charge in [-0.3, -0.25) is 4.90 Å². The standard InChI is InChI=1S/C10H13NO/c1-2-9-6-10-8(3-5-12-10)7-11(9)4-1/h3,5,9H,1-2,4,6-7H2/t9-/m0/s1. The van der Waals surface area contributed by atoms with Gasteiger partial charge in [-0.05, 0) is 25.5 Å². The lowest BCUT2D eigenvalue weighted by Crippen LogP contribution is -2.34. The summed E-state index contributed by atoms with van der Waals surface area (Å²) in [5, 5.41) is 0. The highest BCUT2D eigenvalue weighted by Crippen LogP contribution is 2.30. The molecule has 1 saturated heterocycles. The van der Waals surface area contributed by atoms with Crippen LogP contribution in [0.3, 0.4) is 0 Å². The Labute approximate surface area is 72.2 Å². The third-order valence-corrected chi connectivity index (χ3v) is 3.13. The summed E-state index contributed by atoms with van der Waals surface area (Å²) in [7, 11) is 0. The molecule has 0 aromatic carbocycles. The van der Waals surface area contributed by atoms with Crippen LogP contribution >= 0.6 is 0 Å². The smallest absolute Gasteiger partial charge is 0.109 e. The van der Waals surface area contributed by atoms with Crippen LogP contribution in [-0.2, 0) is 13.0 Å². The van der Waals surface area contributed by atoms with E-state index in [1.807, 2.05) is 6.26 Å². The van der Waals surface area contributed by atoms with E-state index in [1.54, 1.807) is 0 Å². The van der Waals surface area contributed by atoms with E-state index in [0.717, 1.165) is 19.0 Å². The fraction of sp³-hybridized carbons (Fsp3) is 0.600. The summed E-state index contributed by atoms with van der Waals surface area (Å²) in [5.41, 5.74) is 1.41. The van der Waals surface area contributed by atoms with E-state index >= 15 is 0 Å². The molecule has 1 atom stereocenters. The largest absolute Gasteiger partial charge is 0.469 e. The zero-order chi connectivity index (χ0) is 7.97. The molecule has 1 aromatic heterocycles. The van der Waals surface area contributed by atoms with Crippen molar-refractivity contribution in [1.29, 1.82) is 0 Å². The third kappa shape index (κ3) is 0.845. The van der Waals surface area contributed by atoms with Gasteiger partial charge in [0.2, 0.25) is 0 Å². The van der Waals surface area contributed by atoms with E-state index in [-0.39, 0.29) is 0 Å². The van der Waals surface area contributed by atoms with Crippen LogP contribution in [-0.4, -0.2) is 17.5 Å². The fourth-order valence-corrected chi connectivity index (χ4v) is 2.45. The highest BCUT2D eigenvalue weighted by atomic mass is 16.3. The molecule has 0 spiro atoms. The van der Waals surface area contributed by atoms with Crippen LogP contribution in [0.5, 0.6) is 0 Å². The summed E-state index contributed by atoms with van der Waals surface area (Å²) in [6.07, 6.45) is 5.70. The number of fused-ring (bicyclic) bond motifs is 2. The number of furan rings is 1. The molecular formula is C10H13NO. The van der Waals surface area contributed by atoms with E-state index in [9.17, 15) is 0 Å². The lowest BCUT2D eigenvalue weighted by atomic mass is 10.0. The molecule has 0 radical (unpaired) electrons. The van der Waals surface area contributed by atoms with Crippen molar-refractivity contribution in [1.82, 2.24) is 4.90 Å². The second kappa shape index (κ2) is 2.36. The van der Waals surface area contributed by atoms with Crippen LogP contribution in [0.15, 0.2) is 16.7 Å². The highest BCUT2D eigenvalue weighted by molar-refractivity contribution is 5.21. The number of nitrogens with zero attached hydrogens (tertiary/aromatic N) is 1. The maximum absolute atomic E-state index is 5.44. The molecule has 0 unspecified atom stereocenters. The van der Waals surface area contributed by atoms with Gasteiger partial charge in [0.25, 0.3) is 0 Å². The molecule has 0 aliphatic carbocycles. The van der Waals surface area contributed by atoms with E-state index < -0.39 is 0 Å². The molecule has 1 aromatic rings. The average Bonchev–Trinajstić information content (AvgIpc) is 2.64. The van der Waals surface area contributed by atoms with Crippen LogP contribution < -0.4 is 0 Å². The van der Waals surface area contributed by atoms with Gasteiger partial charge in [-0.25, -0.2) is 0 Å². The van der Waals surface area contributed by atoms with Crippen molar-refractivity contribution in [3.63, 3.8) is 0 Å². The molecule has 2 nitrogen and oxygen atoms in total. The van der Waals surface area contributed by atoms with Crippen molar-refractivity contribution in [2.75, 3.05) is 6.54 Å². The van der Waals surface area contributed by atoms with Crippen molar-refractivity contribution in [3.8, 4) is 0 Å². The normalized spacial score (nSPS) is 28.5. The molecule has 64 valence electrons. The molecule has 1 fully saturated rings. The maximum atomic E-state index is 5.44. The lowest BCUT2D eigenvalue weighted by Gasteiger charge is -2.28. The molecule has 3 heterocycles. The summed E-state index contributed by atoms with van der Waals surface area (Å²) in [6, 6.07) is 2.90. The molecule has 2 aliphatic heterocycles. The number of hydrogen-bond donors (Lipinski definition) is 0. The molecule has 0 amide bonds. The topological polar surface area (TPSA) is 16.4 Å². The molecule has 0 saturated carbocycles. The van der Waals surface area contributed by atoms with E-state index in [1.165, 1.54) is 30.7 Å². The van der Waals surface area contributed by atoms with Crippen molar-refractivity contribution >= 4 is 0 Å². The van der Waals surface area contributed by atoms with Gasteiger partial charge in [-0.1, -0.05) is 0 Å². The Hall–Kier alpha value is -0.760. The van der Waals surface area contributed by atoms with Gasteiger partial charge in [-0.2, -0.15) is 0 Å². The van der Waals surface area contributed by atoms with Gasteiger partial charge in [0, 0.05) is 24.6 Å². The van der Waals surface area contributed by atoms with Crippen LogP contribution in [0, 0.1) is 0 Å². The Balaban J connectivity index is 1.95. The lowest BCUT2D eigenvalue weighted by molar-refractivity contribution is 0.214. The molecular weight excluding hydrogens is 150 g/mol. The fourth-order valence-electron chi connectivity index (χ4n) is 2.45. The van der Waals surface area contributed by atoms with Gasteiger partial charge in [0.1, 0.15) is 5.76 Å². The SMILES string of the molecule is c1cc2c(o1)C[C@@H]1CCCN1C2. The zero-order valence-corrected chi connectivity index (χ0v) is 7.12. The Morgan fingerprint density at radius 3 is 3.50 bits per heavy atom. The summed E-state index contributed by atoms with van der Waals surface area (Å²) >= 11 is 0. The second-order valence-corrected chi connectivity index (χ2v) is 3.84. The molecule has 12 heavy (non-hydrogen) atoms. The zero-order valence-electron chi connectivity index (χ0n) is 7.12. The Bertz CT molecular complexity index is 265. The minimum absolute atomic E-state index is 0.781. The van der Waals surface area contributed by atoms with Crippen LogP contribution in [0.1, 0.15) is 24.2 Å². The monoisotopic (exact) mass is 163 g/mol. The van der Waals surface area contributed by atoms with Crippen molar-refractivity contribution in [2.45, 2.75) is 31.8 Å². The summed E-state index contributed by atoms with van der Waals surface area (Å²) in [6.45, 7) is 2.41. The molecule has 0 N–H and O–H groups in total. The number of rotatable bonds is 0. The van der Waals surface area contributed by atoms with E-state index in [4.69, 9.17) is 4.42 Å². The number of hydrogen-bond acceptors (Lipinski definition) is 2. The minimum atomic E-state index is 0.781. The van der Waals surface area contributed by atoms with Gasteiger partial charge in [0.05, 0.1) is 6.26 Å². The third-order valence-electron chi connectivity index (χ3n) is 3.13. The predicted octanol–water partition coefficient (Wildman–Crippen LogP) is 1.80. The average molecular weight is 163 g/mol. The molecule has 3 rings (SSSR count). The predicted molar refractivity (Wildman–Crippen MR) is 45.8 cm³/mol. The summed E-state index contributed by atoms with van der Waals surface area (Å²) in [4.78, 5) is 2.58. The highest BCUT2D eigenvalue weighted by Gasteiger charge is 2.31. The summed E-state index contributed by atoms with van der Waals surface area (Å²) < 4.78 is 5.44. The summed E-state index contributed by atoms with van der Waals surface area (Å²) in [5.74, 6) is 1.23. The Kier molecular flexibility index (Phi) is 1.32. The first kappa shape index (κ1) is 6.72. The quantitative estimate of drug-likeness (QED) is 0.580. The van der Waals surface area contributed by atoms with Crippen molar-refractivity contribution in [2.24, 2.45) is 0 Å². The molecule has 2 aliphatic rings. The van der Waals surface area contributed by atoms with Crippen LogP contribution in [0.4, 0.5) is 0 Å².